The minimum Gasteiger partial charge on any atom is -0.313 e. The van der Waals surface area contributed by atoms with Crippen LogP contribution in [0.3, 0.4) is 0 Å². The average Bonchev–Trinajstić information content (AvgIpc) is 2.59. The van der Waals surface area contributed by atoms with Crippen LogP contribution in [-0.2, 0) is 9.84 Å². The van der Waals surface area contributed by atoms with Gasteiger partial charge in [-0.15, -0.1) is 0 Å². The Morgan fingerprint density at radius 3 is 2.62 bits per heavy atom. The molecule has 3 nitrogen and oxygen atoms in total. The molecule has 0 spiro atoms. The lowest BCUT2D eigenvalue weighted by molar-refractivity contribution is 0.397. The van der Waals surface area contributed by atoms with Crippen molar-refractivity contribution >= 4 is 9.84 Å². The van der Waals surface area contributed by atoms with E-state index < -0.39 is 9.84 Å². The zero-order valence-electron chi connectivity index (χ0n) is 10.5. The highest BCUT2D eigenvalue weighted by molar-refractivity contribution is 7.91. The van der Waals surface area contributed by atoms with Crippen molar-refractivity contribution in [3.8, 4) is 0 Å². The van der Waals surface area contributed by atoms with Crippen LogP contribution in [0.1, 0.15) is 46.0 Å². The molecule has 16 heavy (non-hydrogen) atoms. The lowest BCUT2D eigenvalue weighted by atomic mass is 9.99. The van der Waals surface area contributed by atoms with Gasteiger partial charge in [-0.05, 0) is 25.3 Å². The summed E-state index contributed by atoms with van der Waals surface area (Å²) in [7, 11) is -2.73. The molecule has 1 aliphatic rings. The monoisotopic (exact) mass is 247 g/mol. The first-order valence-corrected chi connectivity index (χ1v) is 8.33. The van der Waals surface area contributed by atoms with Crippen LogP contribution in [0, 0.1) is 5.92 Å². The second-order valence-corrected chi connectivity index (χ2v) is 7.15. The van der Waals surface area contributed by atoms with Gasteiger partial charge >= 0.3 is 0 Å². The van der Waals surface area contributed by atoms with Gasteiger partial charge in [-0.25, -0.2) is 8.42 Å². The standard InChI is InChI=1S/C12H25NO2S/c1-3-5-6-11(4-2)9-13-12-7-8-16(14,15)10-12/h11-13H,3-10H2,1-2H3. The van der Waals surface area contributed by atoms with Gasteiger partial charge < -0.3 is 5.32 Å². The van der Waals surface area contributed by atoms with Crippen molar-refractivity contribution in [1.29, 1.82) is 0 Å². The van der Waals surface area contributed by atoms with Crippen molar-refractivity contribution in [3.05, 3.63) is 0 Å². The molecule has 0 amide bonds. The van der Waals surface area contributed by atoms with Crippen LogP contribution >= 0.6 is 0 Å². The molecule has 0 saturated carbocycles. The van der Waals surface area contributed by atoms with Gasteiger partial charge in [0.05, 0.1) is 11.5 Å². The molecule has 0 aromatic rings. The van der Waals surface area contributed by atoms with E-state index in [4.69, 9.17) is 0 Å². The SMILES string of the molecule is CCCCC(CC)CNC1CCS(=O)(=O)C1. The Balaban J connectivity index is 2.23. The predicted molar refractivity (Wildman–Crippen MR) is 68.4 cm³/mol. The Morgan fingerprint density at radius 1 is 1.38 bits per heavy atom. The summed E-state index contributed by atoms with van der Waals surface area (Å²) in [5.41, 5.74) is 0. The summed E-state index contributed by atoms with van der Waals surface area (Å²) in [6.07, 6.45) is 5.77. The van der Waals surface area contributed by atoms with E-state index in [0.29, 0.717) is 17.4 Å². The van der Waals surface area contributed by atoms with Gasteiger partial charge in [0.25, 0.3) is 0 Å². The van der Waals surface area contributed by atoms with Crippen molar-refractivity contribution in [1.82, 2.24) is 5.32 Å². The van der Waals surface area contributed by atoms with Crippen LogP contribution in [0.25, 0.3) is 0 Å². The average molecular weight is 247 g/mol. The van der Waals surface area contributed by atoms with E-state index in [0.717, 1.165) is 13.0 Å². The third kappa shape index (κ3) is 4.83. The summed E-state index contributed by atoms with van der Waals surface area (Å²) >= 11 is 0. The fourth-order valence-electron chi connectivity index (χ4n) is 2.23. The van der Waals surface area contributed by atoms with Gasteiger partial charge in [-0.1, -0.05) is 33.1 Å². The zero-order valence-corrected chi connectivity index (χ0v) is 11.4. The molecule has 2 atom stereocenters. The molecule has 1 heterocycles. The number of hydrogen-bond donors (Lipinski definition) is 1. The Labute approximate surface area is 99.9 Å². The maximum absolute atomic E-state index is 11.3. The molecule has 1 fully saturated rings. The molecule has 0 aliphatic carbocycles. The smallest absolute Gasteiger partial charge is 0.151 e. The molecule has 0 aromatic heterocycles. The molecule has 0 bridgehead atoms. The van der Waals surface area contributed by atoms with E-state index >= 15 is 0 Å². The van der Waals surface area contributed by atoms with Crippen LogP contribution in [0.15, 0.2) is 0 Å². The highest BCUT2D eigenvalue weighted by atomic mass is 32.2. The Kier molecular flexibility index (Phi) is 5.76. The molecular weight excluding hydrogens is 222 g/mol. The minimum absolute atomic E-state index is 0.209. The normalized spacial score (nSPS) is 25.8. The third-order valence-corrected chi connectivity index (χ3v) is 5.24. The molecule has 0 radical (unpaired) electrons. The van der Waals surface area contributed by atoms with E-state index in [1.807, 2.05) is 0 Å². The van der Waals surface area contributed by atoms with Gasteiger partial charge in [-0.2, -0.15) is 0 Å². The molecule has 1 N–H and O–H groups in total. The molecule has 4 heteroatoms. The van der Waals surface area contributed by atoms with Crippen LogP contribution in [-0.4, -0.2) is 32.5 Å². The molecular formula is C12H25NO2S. The first-order valence-electron chi connectivity index (χ1n) is 6.51. The topological polar surface area (TPSA) is 46.2 Å². The summed E-state index contributed by atoms with van der Waals surface area (Å²) in [4.78, 5) is 0. The predicted octanol–water partition coefficient (Wildman–Crippen LogP) is 1.98. The Hall–Kier alpha value is -0.0900. The fourth-order valence-corrected chi connectivity index (χ4v) is 3.94. The van der Waals surface area contributed by atoms with Crippen molar-refractivity contribution in [3.63, 3.8) is 0 Å². The van der Waals surface area contributed by atoms with Crippen molar-refractivity contribution in [2.45, 2.75) is 52.0 Å². The van der Waals surface area contributed by atoms with Gasteiger partial charge in [0.15, 0.2) is 9.84 Å². The van der Waals surface area contributed by atoms with Crippen LogP contribution in [0.5, 0.6) is 0 Å². The second-order valence-electron chi connectivity index (χ2n) is 4.92. The molecule has 1 aliphatic heterocycles. The van der Waals surface area contributed by atoms with Gasteiger partial charge in [-0.3, -0.25) is 0 Å². The van der Waals surface area contributed by atoms with Crippen LogP contribution in [0.4, 0.5) is 0 Å². The van der Waals surface area contributed by atoms with E-state index in [2.05, 4.69) is 19.2 Å². The van der Waals surface area contributed by atoms with Crippen molar-refractivity contribution in [2.75, 3.05) is 18.1 Å². The highest BCUT2D eigenvalue weighted by Crippen LogP contribution is 2.15. The minimum atomic E-state index is -2.73. The van der Waals surface area contributed by atoms with Gasteiger partial charge in [0.2, 0.25) is 0 Å². The number of rotatable bonds is 7. The summed E-state index contributed by atoms with van der Waals surface area (Å²) in [5, 5.41) is 3.42. The first-order chi connectivity index (χ1) is 7.57. The summed E-state index contributed by atoms with van der Waals surface area (Å²) < 4.78 is 22.6. The Morgan fingerprint density at radius 2 is 2.12 bits per heavy atom. The molecule has 0 aromatic carbocycles. The van der Waals surface area contributed by atoms with Crippen LogP contribution in [0.2, 0.25) is 0 Å². The highest BCUT2D eigenvalue weighted by Gasteiger charge is 2.27. The van der Waals surface area contributed by atoms with E-state index in [1.165, 1.54) is 25.7 Å². The quantitative estimate of drug-likeness (QED) is 0.748. The van der Waals surface area contributed by atoms with Crippen molar-refractivity contribution in [2.24, 2.45) is 5.92 Å². The van der Waals surface area contributed by atoms with E-state index in [9.17, 15) is 8.42 Å². The number of nitrogens with one attached hydrogen (secondary N) is 1. The van der Waals surface area contributed by atoms with E-state index in [1.54, 1.807) is 0 Å². The number of hydrogen-bond acceptors (Lipinski definition) is 3. The zero-order chi connectivity index (χ0) is 12.0. The lowest BCUT2D eigenvalue weighted by Crippen LogP contribution is -2.34. The summed E-state index contributed by atoms with van der Waals surface area (Å²) in [6, 6.07) is 0.209. The number of sulfone groups is 1. The largest absolute Gasteiger partial charge is 0.313 e. The second kappa shape index (κ2) is 6.60. The maximum atomic E-state index is 11.3. The van der Waals surface area contributed by atoms with Gasteiger partial charge in [0.1, 0.15) is 0 Å². The first kappa shape index (κ1) is 14.0. The molecule has 96 valence electrons. The molecule has 2 unspecified atom stereocenters. The molecule has 1 rings (SSSR count). The lowest BCUT2D eigenvalue weighted by Gasteiger charge is -2.18. The Bertz CT molecular complexity index is 287. The van der Waals surface area contributed by atoms with Crippen LogP contribution < -0.4 is 5.32 Å². The molecule has 1 saturated heterocycles. The van der Waals surface area contributed by atoms with Crippen molar-refractivity contribution < 1.29 is 8.42 Å². The maximum Gasteiger partial charge on any atom is 0.151 e. The summed E-state index contributed by atoms with van der Waals surface area (Å²) in [5.74, 6) is 1.43. The van der Waals surface area contributed by atoms with E-state index in [-0.39, 0.29) is 6.04 Å². The van der Waals surface area contributed by atoms with Gasteiger partial charge in [0, 0.05) is 6.04 Å². The fraction of sp³-hybridized carbons (Fsp3) is 1.00. The third-order valence-electron chi connectivity index (χ3n) is 3.47. The number of unbranched alkanes of at least 4 members (excludes halogenated alkanes) is 1. The summed E-state index contributed by atoms with van der Waals surface area (Å²) in [6.45, 7) is 5.41.